The molecule has 0 spiro atoms. The predicted molar refractivity (Wildman–Crippen MR) is 96.5 cm³/mol. The highest BCUT2D eigenvalue weighted by Gasteiger charge is 2.29. The number of carbonyl (C=O) groups excluding carboxylic acids is 1. The van der Waals surface area contributed by atoms with Crippen LogP contribution in [0.15, 0.2) is 77.4 Å². The molecule has 0 N–H and O–H groups in total. The highest BCUT2D eigenvalue weighted by molar-refractivity contribution is 6.29. The topological polar surface area (TPSA) is 58.0 Å². The Kier molecular flexibility index (Phi) is 3.57. The second kappa shape index (κ2) is 5.90. The van der Waals surface area contributed by atoms with Crippen LogP contribution in [0, 0.1) is 0 Å². The molecule has 1 amide bonds. The van der Waals surface area contributed by atoms with Crippen LogP contribution in [0.2, 0.25) is 0 Å². The van der Waals surface area contributed by atoms with Crippen molar-refractivity contribution in [3.63, 3.8) is 0 Å². The Labute approximate surface area is 145 Å². The highest BCUT2D eigenvalue weighted by atomic mass is 16.5. The first-order valence-electron chi connectivity index (χ1n) is 7.89. The number of carbonyl (C=O) groups is 1. The quantitative estimate of drug-likeness (QED) is 0.793. The van der Waals surface area contributed by atoms with Crippen LogP contribution in [0.5, 0.6) is 5.75 Å². The molecular formula is C19H16N4O2. The molecule has 0 unspecified atom stereocenters. The lowest BCUT2D eigenvalue weighted by Gasteiger charge is -2.10. The fraction of sp³-hybridized carbons (Fsp3) is 0.105. The summed E-state index contributed by atoms with van der Waals surface area (Å²) in [5, 5.41) is 5.62. The molecule has 4 rings (SSSR count). The van der Waals surface area contributed by atoms with Gasteiger partial charge in [0.15, 0.2) is 17.5 Å². The number of anilines is 2. The van der Waals surface area contributed by atoms with Gasteiger partial charge in [0, 0.05) is 13.2 Å². The zero-order valence-electron chi connectivity index (χ0n) is 13.9. The summed E-state index contributed by atoms with van der Waals surface area (Å²) in [6, 6.07) is 13.2. The van der Waals surface area contributed by atoms with Gasteiger partial charge in [-0.3, -0.25) is 4.79 Å². The lowest BCUT2D eigenvalue weighted by Crippen LogP contribution is -2.22. The number of rotatable bonds is 2. The van der Waals surface area contributed by atoms with Gasteiger partial charge in [0.2, 0.25) is 0 Å². The van der Waals surface area contributed by atoms with Crippen LogP contribution in [-0.2, 0) is 4.79 Å². The van der Waals surface area contributed by atoms with Gasteiger partial charge in [0.25, 0.3) is 5.91 Å². The summed E-state index contributed by atoms with van der Waals surface area (Å²) in [5.74, 6) is 1.76. The maximum atomic E-state index is 12.6. The van der Waals surface area contributed by atoms with Crippen molar-refractivity contribution in [2.24, 2.45) is 5.10 Å². The van der Waals surface area contributed by atoms with Gasteiger partial charge in [-0.15, -0.1) is 0 Å². The summed E-state index contributed by atoms with van der Waals surface area (Å²) < 4.78 is 5.83. The van der Waals surface area contributed by atoms with Crippen LogP contribution in [0.25, 0.3) is 0 Å². The van der Waals surface area contributed by atoms with Gasteiger partial charge < -0.3 is 9.64 Å². The molecule has 0 aliphatic carbocycles. The maximum absolute atomic E-state index is 12.6. The average molecular weight is 332 g/mol. The van der Waals surface area contributed by atoms with E-state index in [-0.39, 0.29) is 5.91 Å². The SMILES string of the molecule is CC1=NN(c2ccccn2)C(=O)/C1=C/C=C1/Oc2ccccc2N1C. The standard InChI is InChI=1S/C19H16N4O2/c1-13-14(19(24)23(21-13)17-9-5-6-12-20-17)10-11-18-22(2)15-7-3-4-8-16(15)25-18/h3-12H,1-2H3/b14-10+,18-11+. The third-order valence-electron chi connectivity index (χ3n) is 4.09. The van der Waals surface area contributed by atoms with Gasteiger partial charge in [-0.1, -0.05) is 18.2 Å². The first-order valence-corrected chi connectivity index (χ1v) is 7.89. The molecule has 0 bridgehead atoms. The molecule has 2 aliphatic rings. The number of aromatic nitrogens is 1. The predicted octanol–water partition coefficient (Wildman–Crippen LogP) is 3.10. The summed E-state index contributed by atoms with van der Waals surface area (Å²) >= 11 is 0. The second-order valence-corrected chi connectivity index (χ2v) is 5.70. The summed E-state index contributed by atoms with van der Waals surface area (Å²) in [6.45, 7) is 1.80. The van der Waals surface area contributed by atoms with Crippen LogP contribution in [0.4, 0.5) is 11.5 Å². The second-order valence-electron chi connectivity index (χ2n) is 5.70. The largest absolute Gasteiger partial charge is 0.439 e. The minimum Gasteiger partial charge on any atom is -0.439 e. The van der Waals surface area contributed by atoms with E-state index in [4.69, 9.17) is 4.74 Å². The molecule has 3 heterocycles. The van der Waals surface area contributed by atoms with Crippen LogP contribution in [0.1, 0.15) is 6.92 Å². The Morgan fingerprint density at radius 2 is 1.88 bits per heavy atom. The van der Waals surface area contributed by atoms with Crippen molar-refractivity contribution in [2.75, 3.05) is 17.0 Å². The number of fused-ring (bicyclic) bond motifs is 1. The Bertz CT molecular complexity index is 931. The number of pyridine rings is 1. The minimum absolute atomic E-state index is 0.203. The Morgan fingerprint density at radius 1 is 1.08 bits per heavy atom. The lowest BCUT2D eigenvalue weighted by molar-refractivity contribution is -0.114. The number of amides is 1. The number of nitrogens with zero attached hydrogens (tertiary/aromatic N) is 4. The molecule has 0 atom stereocenters. The van der Waals surface area contributed by atoms with E-state index >= 15 is 0 Å². The number of hydrazone groups is 1. The van der Waals surface area contributed by atoms with Gasteiger partial charge in [0.1, 0.15) is 0 Å². The highest BCUT2D eigenvalue weighted by Crippen LogP contribution is 2.37. The molecule has 0 saturated carbocycles. The molecule has 2 aromatic rings. The van der Waals surface area contributed by atoms with E-state index in [1.165, 1.54) is 5.01 Å². The van der Waals surface area contributed by atoms with E-state index in [9.17, 15) is 4.79 Å². The van der Waals surface area contributed by atoms with E-state index in [2.05, 4.69) is 10.1 Å². The number of ether oxygens (including phenoxy) is 1. The van der Waals surface area contributed by atoms with Crippen LogP contribution in [0.3, 0.4) is 0 Å². The normalized spacial score (nSPS) is 19.4. The molecule has 25 heavy (non-hydrogen) atoms. The third kappa shape index (κ3) is 2.57. The van der Waals surface area contributed by atoms with E-state index in [1.807, 2.05) is 42.3 Å². The van der Waals surface area contributed by atoms with Gasteiger partial charge in [-0.05, 0) is 43.3 Å². The summed E-state index contributed by atoms with van der Waals surface area (Å²) in [4.78, 5) is 18.8. The summed E-state index contributed by atoms with van der Waals surface area (Å²) in [7, 11) is 1.92. The van der Waals surface area contributed by atoms with Crippen molar-refractivity contribution < 1.29 is 9.53 Å². The first kappa shape index (κ1) is 15.1. The van der Waals surface area contributed by atoms with Crippen molar-refractivity contribution in [2.45, 2.75) is 6.92 Å². The maximum Gasteiger partial charge on any atom is 0.282 e. The first-order chi connectivity index (χ1) is 12.1. The molecule has 0 saturated heterocycles. The number of para-hydroxylation sites is 2. The van der Waals surface area contributed by atoms with E-state index < -0.39 is 0 Å². The molecule has 124 valence electrons. The number of benzene rings is 1. The van der Waals surface area contributed by atoms with Gasteiger partial charge in [-0.2, -0.15) is 10.1 Å². The zero-order chi connectivity index (χ0) is 17.4. The van der Waals surface area contributed by atoms with Gasteiger partial charge in [0.05, 0.1) is 17.0 Å². The van der Waals surface area contributed by atoms with E-state index in [0.29, 0.717) is 23.0 Å². The van der Waals surface area contributed by atoms with Crippen molar-refractivity contribution in [1.29, 1.82) is 0 Å². The van der Waals surface area contributed by atoms with Crippen molar-refractivity contribution in [3.8, 4) is 5.75 Å². The molecule has 6 heteroatoms. The molecule has 1 aromatic carbocycles. The fourth-order valence-electron chi connectivity index (χ4n) is 2.77. The van der Waals surface area contributed by atoms with Crippen molar-refractivity contribution >= 4 is 23.1 Å². The number of hydrogen-bond acceptors (Lipinski definition) is 5. The van der Waals surface area contributed by atoms with E-state index in [1.54, 1.807) is 37.4 Å². The smallest absolute Gasteiger partial charge is 0.282 e. The molecule has 2 aliphatic heterocycles. The Hall–Kier alpha value is -3.41. The van der Waals surface area contributed by atoms with E-state index in [0.717, 1.165) is 11.4 Å². The van der Waals surface area contributed by atoms with Crippen LogP contribution in [-0.4, -0.2) is 23.7 Å². The Morgan fingerprint density at radius 3 is 2.64 bits per heavy atom. The zero-order valence-corrected chi connectivity index (χ0v) is 13.9. The average Bonchev–Trinajstić information content (AvgIpc) is 3.11. The van der Waals surface area contributed by atoms with Crippen molar-refractivity contribution in [1.82, 2.24) is 4.98 Å². The summed E-state index contributed by atoms with van der Waals surface area (Å²) in [5.41, 5.74) is 2.15. The minimum atomic E-state index is -0.203. The fourth-order valence-corrected chi connectivity index (χ4v) is 2.77. The molecule has 1 aromatic heterocycles. The molecular weight excluding hydrogens is 316 g/mol. The molecule has 6 nitrogen and oxygen atoms in total. The van der Waals surface area contributed by atoms with Crippen LogP contribution >= 0.6 is 0 Å². The van der Waals surface area contributed by atoms with Crippen LogP contribution < -0.4 is 14.6 Å². The number of allylic oxidation sites excluding steroid dienone is 2. The lowest BCUT2D eigenvalue weighted by atomic mass is 10.1. The molecule has 0 fully saturated rings. The van der Waals surface area contributed by atoms with Crippen molar-refractivity contribution in [3.05, 3.63) is 72.3 Å². The molecule has 0 radical (unpaired) electrons. The van der Waals surface area contributed by atoms with Gasteiger partial charge >= 0.3 is 0 Å². The monoisotopic (exact) mass is 332 g/mol. The summed E-state index contributed by atoms with van der Waals surface area (Å²) in [6.07, 6.45) is 5.16. The van der Waals surface area contributed by atoms with Gasteiger partial charge in [-0.25, -0.2) is 4.98 Å². The Balaban J connectivity index is 1.61. The third-order valence-corrected chi connectivity index (χ3v) is 4.09. The number of hydrogen-bond donors (Lipinski definition) is 0.